The molecule has 0 aliphatic heterocycles. The Morgan fingerprint density at radius 1 is 1.12 bits per heavy atom. The molecule has 1 amide bonds. The smallest absolute Gasteiger partial charge is 0.300 e. The van der Waals surface area contributed by atoms with Crippen molar-refractivity contribution in [2.24, 2.45) is 10.2 Å². The number of aromatic amines is 1. The summed E-state index contributed by atoms with van der Waals surface area (Å²) in [6.45, 7) is 3.03. The van der Waals surface area contributed by atoms with E-state index >= 15 is 0 Å². The van der Waals surface area contributed by atoms with E-state index in [1.807, 2.05) is 37.3 Å². The van der Waals surface area contributed by atoms with Crippen LogP contribution in [0, 0.1) is 10.5 Å². The minimum Gasteiger partial charge on any atom is -0.493 e. The lowest BCUT2D eigenvalue weighted by atomic mass is 10.1. The fraction of sp³-hybridized carbons (Fsp3) is 0.111. The van der Waals surface area contributed by atoms with Gasteiger partial charge in [0.05, 0.1) is 5.52 Å². The summed E-state index contributed by atoms with van der Waals surface area (Å²) in [6.07, 6.45) is 0. The van der Waals surface area contributed by atoms with Gasteiger partial charge in [0.2, 0.25) is 5.88 Å². The number of carboxylic acid groups (broad SMARTS) is 1. The molecule has 0 saturated heterocycles. The van der Waals surface area contributed by atoms with Gasteiger partial charge in [0.15, 0.2) is 5.69 Å². The molecule has 0 aliphatic rings. The maximum Gasteiger partial charge on any atom is 0.300 e. The lowest BCUT2D eigenvalue weighted by Gasteiger charge is -1.96. The number of hydrogen-bond acceptors (Lipinski definition) is 4. The molecule has 3 N–H and O–H groups in total. The Bertz CT molecular complexity index is 974. The summed E-state index contributed by atoms with van der Waals surface area (Å²) in [5.41, 5.74) is 2.55. The standard InChI is InChI=1S/C16H12IN3O2.C2H4O2/c1-9-2-4-10(5-3-9)15(21)20-19-14-12-8-11(17)6-7-13(12)18-16(14)22;1-2(3)4/h2-8,18,22H,1H3;1H3,(H,3,4). The average molecular weight is 465 g/mol. The highest BCUT2D eigenvalue weighted by atomic mass is 127. The number of rotatable bonds is 2. The predicted molar refractivity (Wildman–Crippen MR) is 106 cm³/mol. The molecule has 0 saturated carbocycles. The van der Waals surface area contributed by atoms with Crippen LogP contribution in [0.3, 0.4) is 0 Å². The summed E-state index contributed by atoms with van der Waals surface area (Å²) in [7, 11) is 0. The van der Waals surface area contributed by atoms with Crippen LogP contribution in [-0.2, 0) is 4.79 Å². The molecule has 3 aromatic rings. The van der Waals surface area contributed by atoms with E-state index in [1.54, 1.807) is 12.1 Å². The summed E-state index contributed by atoms with van der Waals surface area (Å²) in [4.78, 5) is 23.8. The number of aryl methyl sites for hydroxylation is 1. The van der Waals surface area contributed by atoms with E-state index in [0.717, 1.165) is 27.0 Å². The maximum atomic E-state index is 12.0. The summed E-state index contributed by atoms with van der Waals surface area (Å²) < 4.78 is 1.01. The molecule has 0 radical (unpaired) electrons. The highest BCUT2D eigenvalue weighted by Crippen LogP contribution is 2.36. The molecule has 0 unspecified atom stereocenters. The van der Waals surface area contributed by atoms with Crippen LogP contribution in [0.4, 0.5) is 5.69 Å². The molecule has 8 heteroatoms. The van der Waals surface area contributed by atoms with Crippen LogP contribution in [0.25, 0.3) is 10.9 Å². The number of carbonyl (C=O) groups excluding carboxylic acids is 1. The van der Waals surface area contributed by atoms with Gasteiger partial charge in [-0.1, -0.05) is 17.7 Å². The van der Waals surface area contributed by atoms with Gasteiger partial charge >= 0.3 is 0 Å². The Labute approximate surface area is 162 Å². The highest BCUT2D eigenvalue weighted by molar-refractivity contribution is 14.1. The third-order valence-electron chi connectivity index (χ3n) is 3.25. The van der Waals surface area contributed by atoms with Crippen LogP contribution in [-0.4, -0.2) is 27.1 Å². The zero-order chi connectivity index (χ0) is 19.3. The number of fused-ring (bicyclic) bond motifs is 1. The first-order valence-corrected chi connectivity index (χ1v) is 8.58. The molecule has 0 spiro atoms. The maximum absolute atomic E-state index is 12.0. The van der Waals surface area contributed by atoms with Gasteiger partial charge in [-0.3, -0.25) is 9.59 Å². The minimum absolute atomic E-state index is 0.0996. The van der Waals surface area contributed by atoms with Crippen molar-refractivity contribution in [3.8, 4) is 5.88 Å². The van der Waals surface area contributed by atoms with Gasteiger partial charge in [0.25, 0.3) is 11.9 Å². The molecule has 7 nitrogen and oxygen atoms in total. The molecular formula is C18H16IN3O4. The largest absolute Gasteiger partial charge is 0.493 e. The Balaban J connectivity index is 0.000000552. The van der Waals surface area contributed by atoms with E-state index in [9.17, 15) is 9.90 Å². The van der Waals surface area contributed by atoms with Crippen molar-refractivity contribution in [3.05, 3.63) is 57.2 Å². The van der Waals surface area contributed by atoms with Crippen molar-refractivity contribution in [1.29, 1.82) is 0 Å². The zero-order valence-electron chi connectivity index (χ0n) is 14.0. The Kier molecular flexibility index (Phi) is 6.45. The minimum atomic E-state index is -0.833. The molecule has 1 aromatic heterocycles. The number of aliphatic carboxylic acids is 1. The van der Waals surface area contributed by atoms with Crippen LogP contribution in [0.1, 0.15) is 22.8 Å². The number of benzene rings is 2. The molecule has 0 bridgehead atoms. The van der Waals surface area contributed by atoms with Crippen molar-refractivity contribution in [2.75, 3.05) is 0 Å². The van der Waals surface area contributed by atoms with Gasteiger partial charge in [-0.2, -0.15) is 0 Å². The van der Waals surface area contributed by atoms with Gasteiger partial charge < -0.3 is 15.2 Å². The van der Waals surface area contributed by atoms with E-state index < -0.39 is 11.9 Å². The quantitative estimate of drug-likeness (QED) is 0.373. The summed E-state index contributed by atoms with van der Waals surface area (Å²) in [5.74, 6) is -1.38. The van der Waals surface area contributed by atoms with Crippen LogP contribution in [0.5, 0.6) is 5.88 Å². The molecule has 2 aromatic carbocycles. The van der Waals surface area contributed by atoms with E-state index in [4.69, 9.17) is 9.90 Å². The number of aromatic hydroxyl groups is 1. The number of nitrogens with zero attached hydrogens (tertiary/aromatic N) is 2. The number of amides is 1. The Morgan fingerprint density at radius 2 is 1.73 bits per heavy atom. The second-order valence-corrected chi connectivity index (χ2v) is 6.65. The number of nitrogens with one attached hydrogen (secondary N) is 1. The number of azo groups is 1. The number of hydrogen-bond donors (Lipinski definition) is 3. The fourth-order valence-corrected chi connectivity index (χ4v) is 2.58. The SMILES string of the molecule is CC(=O)O.Cc1ccc(C(=O)N=Nc2c(O)[nH]c3ccc(I)cc23)cc1. The summed E-state index contributed by atoms with van der Waals surface area (Å²) >= 11 is 2.17. The average Bonchev–Trinajstić information content (AvgIpc) is 2.87. The molecule has 134 valence electrons. The van der Waals surface area contributed by atoms with Gasteiger partial charge in [-0.05, 0) is 59.8 Å². The third-order valence-corrected chi connectivity index (χ3v) is 3.92. The first kappa shape index (κ1) is 19.6. The van der Waals surface area contributed by atoms with E-state index in [0.29, 0.717) is 5.56 Å². The van der Waals surface area contributed by atoms with Gasteiger partial charge in [0, 0.05) is 21.4 Å². The lowest BCUT2D eigenvalue weighted by Crippen LogP contribution is -1.92. The monoisotopic (exact) mass is 465 g/mol. The Morgan fingerprint density at radius 3 is 2.35 bits per heavy atom. The molecule has 3 rings (SSSR count). The second kappa shape index (κ2) is 8.56. The lowest BCUT2D eigenvalue weighted by molar-refractivity contribution is -0.134. The normalized spacial score (nSPS) is 10.6. The van der Waals surface area contributed by atoms with Gasteiger partial charge in [-0.15, -0.1) is 10.2 Å². The number of carbonyl (C=O) groups is 2. The van der Waals surface area contributed by atoms with Crippen LogP contribution in [0.15, 0.2) is 52.7 Å². The molecule has 26 heavy (non-hydrogen) atoms. The number of H-pyrrole nitrogens is 1. The van der Waals surface area contributed by atoms with Crippen molar-refractivity contribution in [3.63, 3.8) is 0 Å². The zero-order valence-corrected chi connectivity index (χ0v) is 16.2. The number of carboxylic acids is 1. The first-order chi connectivity index (χ1) is 12.3. The molecular weight excluding hydrogens is 449 g/mol. The van der Waals surface area contributed by atoms with Crippen molar-refractivity contribution in [2.45, 2.75) is 13.8 Å². The predicted octanol–water partition coefficient (Wildman–Crippen LogP) is 4.80. The van der Waals surface area contributed by atoms with Gasteiger partial charge in [-0.25, -0.2) is 0 Å². The van der Waals surface area contributed by atoms with Crippen LogP contribution >= 0.6 is 22.6 Å². The van der Waals surface area contributed by atoms with E-state index in [2.05, 4.69) is 37.8 Å². The van der Waals surface area contributed by atoms with Gasteiger partial charge in [0.1, 0.15) is 0 Å². The van der Waals surface area contributed by atoms with E-state index in [-0.39, 0.29) is 11.6 Å². The molecule has 0 aliphatic carbocycles. The Hall–Kier alpha value is -2.75. The molecule has 1 heterocycles. The highest BCUT2D eigenvalue weighted by Gasteiger charge is 2.11. The summed E-state index contributed by atoms with van der Waals surface area (Å²) in [6, 6.07) is 12.7. The van der Waals surface area contributed by atoms with Crippen molar-refractivity contribution < 1.29 is 19.8 Å². The van der Waals surface area contributed by atoms with Crippen molar-refractivity contribution >= 4 is 51.1 Å². The first-order valence-electron chi connectivity index (χ1n) is 7.50. The van der Waals surface area contributed by atoms with Crippen molar-refractivity contribution in [1.82, 2.24) is 4.98 Å². The molecule has 0 fully saturated rings. The van der Waals surface area contributed by atoms with Crippen LogP contribution in [0.2, 0.25) is 0 Å². The number of aromatic nitrogens is 1. The van der Waals surface area contributed by atoms with Crippen LogP contribution < -0.4 is 0 Å². The third kappa shape index (κ3) is 5.12. The number of halogens is 1. The van der Waals surface area contributed by atoms with E-state index in [1.165, 1.54) is 0 Å². The topological polar surface area (TPSA) is 115 Å². The molecule has 0 atom stereocenters. The summed E-state index contributed by atoms with van der Waals surface area (Å²) in [5, 5.41) is 25.7. The second-order valence-electron chi connectivity index (χ2n) is 5.40. The fourth-order valence-electron chi connectivity index (χ4n) is 2.09.